The Hall–Kier alpha value is -1.23. The first-order valence-corrected chi connectivity index (χ1v) is 6.76. The lowest BCUT2D eigenvalue weighted by molar-refractivity contribution is 0.0933. The van der Waals surface area contributed by atoms with Gasteiger partial charge in [0.2, 0.25) is 0 Å². The van der Waals surface area contributed by atoms with Gasteiger partial charge in [0.15, 0.2) is 0 Å². The zero-order valence-electron chi connectivity index (χ0n) is 9.87. The minimum atomic E-state index is -0.707. The molecular weight excluding hydrogens is 241 g/mol. The Labute approximate surface area is 104 Å². The van der Waals surface area contributed by atoms with E-state index in [9.17, 15) is 14.3 Å². The number of rotatable bonds is 5. The summed E-state index contributed by atoms with van der Waals surface area (Å²) in [7, 11) is 0. The molecule has 1 rings (SSSR count). The van der Waals surface area contributed by atoms with E-state index in [1.807, 2.05) is 13.2 Å². The van der Waals surface area contributed by atoms with Gasteiger partial charge in [-0.1, -0.05) is 13.0 Å². The number of carbonyl (C=O) groups excluding carboxylic acids is 1. The normalized spacial score (nSPS) is 12.2. The summed E-state index contributed by atoms with van der Waals surface area (Å²) in [6, 6.07) is 3.80. The summed E-state index contributed by atoms with van der Waals surface area (Å²) in [5.74, 6) is -0.846. The third kappa shape index (κ3) is 3.63. The fourth-order valence-corrected chi connectivity index (χ4v) is 2.18. The van der Waals surface area contributed by atoms with Crippen molar-refractivity contribution in [3.63, 3.8) is 0 Å². The van der Waals surface area contributed by atoms with Gasteiger partial charge in [-0.15, -0.1) is 0 Å². The number of benzene rings is 1. The lowest BCUT2D eigenvalue weighted by Gasteiger charge is -2.16. The molecule has 0 aliphatic heterocycles. The molecule has 1 aromatic carbocycles. The third-order valence-corrected chi connectivity index (χ3v) is 3.15. The lowest BCUT2D eigenvalue weighted by Crippen LogP contribution is -2.36. The molecule has 1 atom stereocenters. The molecule has 0 aromatic heterocycles. The Morgan fingerprint density at radius 2 is 2.29 bits per heavy atom. The highest BCUT2D eigenvalue weighted by Crippen LogP contribution is 2.19. The number of aromatic hydroxyl groups is 1. The van der Waals surface area contributed by atoms with Crippen LogP contribution in [-0.4, -0.2) is 29.1 Å². The third-order valence-electron chi connectivity index (χ3n) is 2.41. The van der Waals surface area contributed by atoms with Crippen molar-refractivity contribution in [3.05, 3.63) is 29.6 Å². The maximum Gasteiger partial charge on any atom is 0.258 e. The first kappa shape index (κ1) is 13.8. The largest absolute Gasteiger partial charge is 0.507 e. The Morgan fingerprint density at radius 1 is 1.59 bits per heavy atom. The van der Waals surface area contributed by atoms with Gasteiger partial charge in [0, 0.05) is 11.8 Å². The molecular formula is C12H16FNO2S. The van der Waals surface area contributed by atoms with Crippen molar-refractivity contribution < 1.29 is 14.3 Å². The van der Waals surface area contributed by atoms with Gasteiger partial charge in [-0.2, -0.15) is 11.8 Å². The predicted molar refractivity (Wildman–Crippen MR) is 68.0 cm³/mol. The summed E-state index contributed by atoms with van der Waals surface area (Å²) < 4.78 is 13.4. The van der Waals surface area contributed by atoms with E-state index < -0.39 is 11.7 Å². The average molecular weight is 257 g/mol. The SMILES string of the molecule is CCC(CSC)NC(=O)c1c(O)cccc1F. The van der Waals surface area contributed by atoms with Crippen LogP contribution in [0.15, 0.2) is 18.2 Å². The Kier molecular flexibility index (Phi) is 5.28. The standard InChI is InChI=1S/C12H16FNO2S/c1-3-8(7-17-2)14-12(16)11-9(13)5-4-6-10(11)15/h4-6,8,15H,3,7H2,1-2H3,(H,14,16). The molecule has 0 saturated heterocycles. The zero-order chi connectivity index (χ0) is 12.8. The van der Waals surface area contributed by atoms with Crippen LogP contribution in [0.2, 0.25) is 0 Å². The van der Waals surface area contributed by atoms with Crippen molar-refractivity contribution in [1.82, 2.24) is 5.32 Å². The quantitative estimate of drug-likeness (QED) is 0.851. The molecule has 0 aliphatic rings. The van der Waals surface area contributed by atoms with Gasteiger partial charge < -0.3 is 10.4 Å². The summed E-state index contributed by atoms with van der Waals surface area (Å²) in [5.41, 5.74) is -0.285. The summed E-state index contributed by atoms with van der Waals surface area (Å²) >= 11 is 1.61. The molecule has 5 heteroatoms. The van der Waals surface area contributed by atoms with Crippen LogP contribution < -0.4 is 5.32 Å². The van der Waals surface area contributed by atoms with Crippen molar-refractivity contribution in [3.8, 4) is 5.75 Å². The van der Waals surface area contributed by atoms with Gasteiger partial charge in [0.25, 0.3) is 5.91 Å². The summed E-state index contributed by atoms with van der Waals surface area (Å²) in [5, 5.41) is 12.2. The Bertz CT molecular complexity index is 378. The monoisotopic (exact) mass is 257 g/mol. The first-order valence-electron chi connectivity index (χ1n) is 5.37. The number of halogens is 1. The highest BCUT2D eigenvalue weighted by molar-refractivity contribution is 7.98. The molecule has 94 valence electrons. The molecule has 1 aromatic rings. The van der Waals surface area contributed by atoms with Crippen molar-refractivity contribution in [2.75, 3.05) is 12.0 Å². The van der Waals surface area contributed by atoms with E-state index in [2.05, 4.69) is 5.32 Å². The number of nitrogens with one attached hydrogen (secondary N) is 1. The van der Waals surface area contributed by atoms with Crippen LogP contribution in [0.25, 0.3) is 0 Å². The number of hydrogen-bond donors (Lipinski definition) is 2. The van der Waals surface area contributed by atoms with E-state index in [0.29, 0.717) is 0 Å². The molecule has 2 N–H and O–H groups in total. The minimum absolute atomic E-state index is 0.0171. The lowest BCUT2D eigenvalue weighted by atomic mass is 10.1. The van der Waals surface area contributed by atoms with Gasteiger partial charge in [0.1, 0.15) is 17.1 Å². The van der Waals surface area contributed by atoms with Crippen LogP contribution >= 0.6 is 11.8 Å². The first-order chi connectivity index (χ1) is 8.10. The maximum absolute atomic E-state index is 13.4. The van der Waals surface area contributed by atoms with Crippen LogP contribution in [0.1, 0.15) is 23.7 Å². The van der Waals surface area contributed by atoms with Crippen LogP contribution in [-0.2, 0) is 0 Å². The average Bonchev–Trinajstić information content (AvgIpc) is 2.28. The predicted octanol–water partition coefficient (Wildman–Crippen LogP) is 2.40. The molecule has 0 saturated carbocycles. The second-order valence-corrected chi connectivity index (χ2v) is 4.58. The van der Waals surface area contributed by atoms with Gasteiger partial charge in [-0.05, 0) is 24.8 Å². The van der Waals surface area contributed by atoms with Gasteiger partial charge in [-0.25, -0.2) is 4.39 Å². The fraction of sp³-hybridized carbons (Fsp3) is 0.417. The molecule has 3 nitrogen and oxygen atoms in total. The van der Waals surface area contributed by atoms with Crippen molar-refractivity contribution in [1.29, 1.82) is 0 Å². The molecule has 1 amide bonds. The van der Waals surface area contributed by atoms with E-state index >= 15 is 0 Å². The van der Waals surface area contributed by atoms with Crippen LogP contribution in [0.3, 0.4) is 0 Å². The second-order valence-electron chi connectivity index (χ2n) is 3.67. The Balaban J connectivity index is 2.82. The van der Waals surface area contributed by atoms with Gasteiger partial charge in [-0.3, -0.25) is 4.79 Å². The number of phenolic OH excluding ortho intramolecular Hbond substituents is 1. The highest BCUT2D eigenvalue weighted by Gasteiger charge is 2.18. The molecule has 17 heavy (non-hydrogen) atoms. The van der Waals surface area contributed by atoms with E-state index in [4.69, 9.17) is 0 Å². The number of amides is 1. The van der Waals surface area contributed by atoms with E-state index in [0.717, 1.165) is 18.2 Å². The minimum Gasteiger partial charge on any atom is -0.507 e. The van der Waals surface area contributed by atoms with Crippen molar-refractivity contribution >= 4 is 17.7 Å². The second kappa shape index (κ2) is 6.49. The summed E-state index contributed by atoms with van der Waals surface area (Å²) in [4.78, 5) is 11.8. The topological polar surface area (TPSA) is 49.3 Å². The van der Waals surface area contributed by atoms with Crippen LogP contribution in [0.5, 0.6) is 5.75 Å². The van der Waals surface area contributed by atoms with E-state index in [-0.39, 0.29) is 17.4 Å². The zero-order valence-corrected chi connectivity index (χ0v) is 10.7. The van der Waals surface area contributed by atoms with Crippen molar-refractivity contribution in [2.24, 2.45) is 0 Å². The summed E-state index contributed by atoms with van der Waals surface area (Å²) in [6.07, 6.45) is 2.71. The molecule has 1 unspecified atom stereocenters. The van der Waals surface area contributed by atoms with Crippen LogP contribution in [0, 0.1) is 5.82 Å². The van der Waals surface area contributed by atoms with E-state index in [1.165, 1.54) is 12.1 Å². The molecule has 0 spiro atoms. The smallest absolute Gasteiger partial charge is 0.258 e. The fourth-order valence-electron chi connectivity index (χ4n) is 1.46. The number of hydrogen-bond acceptors (Lipinski definition) is 3. The highest BCUT2D eigenvalue weighted by atomic mass is 32.2. The van der Waals surface area contributed by atoms with Crippen molar-refractivity contribution in [2.45, 2.75) is 19.4 Å². The molecule has 0 fully saturated rings. The number of carbonyl (C=O) groups is 1. The van der Waals surface area contributed by atoms with Gasteiger partial charge >= 0.3 is 0 Å². The van der Waals surface area contributed by atoms with Gasteiger partial charge in [0.05, 0.1) is 0 Å². The molecule has 0 aliphatic carbocycles. The number of thioether (sulfide) groups is 1. The van der Waals surface area contributed by atoms with E-state index in [1.54, 1.807) is 11.8 Å². The summed E-state index contributed by atoms with van der Waals surface area (Å²) in [6.45, 7) is 1.95. The Morgan fingerprint density at radius 3 is 2.82 bits per heavy atom. The molecule has 0 radical (unpaired) electrons. The maximum atomic E-state index is 13.4. The molecule has 0 bridgehead atoms. The van der Waals surface area contributed by atoms with Crippen LogP contribution in [0.4, 0.5) is 4.39 Å². The number of phenols is 1. The molecule has 0 heterocycles.